The minimum Gasteiger partial charge on any atom is -0.394 e. The minimum atomic E-state index is 0.0462. The van der Waals surface area contributed by atoms with Crippen LogP contribution in [-0.2, 0) is 0 Å². The number of hydrogen-bond donors (Lipinski definition) is 2. The summed E-state index contributed by atoms with van der Waals surface area (Å²) in [5.41, 5.74) is 0.825. The normalized spacial score (nSPS) is 12.9. The number of rotatable bonds is 5. The molecule has 1 heterocycles. The summed E-state index contributed by atoms with van der Waals surface area (Å²) in [7, 11) is 0. The standard InChI is InChI=1S/C11H17ClN2O/c1-8(2)5-9(7-15)14-11-3-4-13-6-10(11)12/h3-4,6,8-9,15H,5,7H2,1-2H3,(H,13,14). The Hall–Kier alpha value is -0.800. The van der Waals surface area contributed by atoms with E-state index in [1.807, 2.05) is 6.07 Å². The van der Waals surface area contributed by atoms with E-state index < -0.39 is 0 Å². The third kappa shape index (κ3) is 4.06. The number of pyridine rings is 1. The van der Waals surface area contributed by atoms with Gasteiger partial charge in [0.2, 0.25) is 0 Å². The fraction of sp³-hybridized carbons (Fsp3) is 0.545. The van der Waals surface area contributed by atoms with Crippen LogP contribution >= 0.6 is 11.6 Å². The maximum atomic E-state index is 9.21. The van der Waals surface area contributed by atoms with Crippen LogP contribution in [0.2, 0.25) is 5.02 Å². The molecule has 1 aromatic rings. The maximum absolute atomic E-state index is 9.21. The molecule has 0 saturated heterocycles. The van der Waals surface area contributed by atoms with Gasteiger partial charge in [0.1, 0.15) is 0 Å². The zero-order chi connectivity index (χ0) is 11.3. The molecule has 1 atom stereocenters. The van der Waals surface area contributed by atoms with E-state index in [1.165, 1.54) is 0 Å². The molecule has 0 spiro atoms. The van der Waals surface area contributed by atoms with Crippen LogP contribution in [0.5, 0.6) is 0 Å². The Morgan fingerprint density at radius 3 is 2.80 bits per heavy atom. The lowest BCUT2D eigenvalue weighted by Gasteiger charge is -2.19. The van der Waals surface area contributed by atoms with E-state index >= 15 is 0 Å². The van der Waals surface area contributed by atoms with Gasteiger partial charge in [0.05, 0.1) is 17.3 Å². The van der Waals surface area contributed by atoms with Crippen molar-refractivity contribution in [3.63, 3.8) is 0 Å². The second kappa shape index (κ2) is 5.93. The third-order valence-corrected chi connectivity index (χ3v) is 2.41. The number of aromatic nitrogens is 1. The smallest absolute Gasteiger partial charge is 0.0820 e. The lowest BCUT2D eigenvalue weighted by atomic mass is 10.0. The highest BCUT2D eigenvalue weighted by atomic mass is 35.5. The molecule has 0 radical (unpaired) electrons. The summed E-state index contributed by atoms with van der Waals surface area (Å²) in [6.45, 7) is 4.35. The zero-order valence-electron chi connectivity index (χ0n) is 9.07. The van der Waals surface area contributed by atoms with Crippen molar-refractivity contribution in [1.82, 2.24) is 4.98 Å². The first-order valence-corrected chi connectivity index (χ1v) is 5.48. The van der Waals surface area contributed by atoms with Crippen molar-refractivity contribution < 1.29 is 5.11 Å². The lowest BCUT2D eigenvalue weighted by Crippen LogP contribution is -2.25. The van der Waals surface area contributed by atoms with Crippen LogP contribution in [-0.4, -0.2) is 22.7 Å². The van der Waals surface area contributed by atoms with Crippen molar-refractivity contribution >= 4 is 17.3 Å². The van der Waals surface area contributed by atoms with Gasteiger partial charge in [0.15, 0.2) is 0 Å². The Morgan fingerprint density at radius 2 is 2.27 bits per heavy atom. The average molecular weight is 229 g/mol. The lowest BCUT2D eigenvalue weighted by molar-refractivity contribution is 0.259. The van der Waals surface area contributed by atoms with Gasteiger partial charge in [-0.15, -0.1) is 0 Å². The number of anilines is 1. The van der Waals surface area contributed by atoms with Gasteiger partial charge in [-0.2, -0.15) is 0 Å². The molecule has 4 heteroatoms. The Labute approximate surface area is 95.5 Å². The van der Waals surface area contributed by atoms with Crippen molar-refractivity contribution in [2.24, 2.45) is 5.92 Å². The van der Waals surface area contributed by atoms with Crippen LogP contribution in [0.4, 0.5) is 5.69 Å². The monoisotopic (exact) mass is 228 g/mol. The van der Waals surface area contributed by atoms with Crippen LogP contribution in [0.25, 0.3) is 0 Å². The Kier molecular flexibility index (Phi) is 4.85. The molecule has 0 bridgehead atoms. The van der Waals surface area contributed by atoms with E-state index in [0.717, 1.165) is 12.1 Å². The molecule has 2 N–H and O–H groups in total. The summed E-state index contributed by atoms with van der Waals surface area (Å²) in [6.07, 6.45) is 4.18. The number of aliphatic hydroxyl groups is 1. The molecule has 3 nitrogen and oxygen atoms in total. The molecular weight excluding hydrogens is 212 g/mol. The van der Waals surface area contributed by atoms with Crippen molar-refractivity contribution in [2.75, 3.05) is 11.9 Å². The number of aliphatic hydroxyl groups excluding tert-OH is 1. The van der Waals surface area contributed by atoms with E-state index in [4.69, 9.17) is 11.6 Å². The van der Waals surface area contributed by atoms with Gasteiger partial charge in [-0.3, -0.25) is 4.98 Å². The molecule has 0 aromatic carbocycles. The largest absolute Gasteiger partial charge is 0.394 e. The molecule has 1 aromatic heterocycles. The summed E-state index contributed by atoms with van der Waals surface area (Å²) in [6, 6.07) is 1.86. The van der Waals surface area contributed by atoms with Crippen LogP contribution in [0.15, 0.2) is 18.5 Å². The molecule has 15 heavy (non-hydrogen) atoms. The van der Waals surface area contributed by atoms with Gasteiger partial charge in [-0.25, -0.2) is 0 Å². The molecular formula is C11H17ClN2O. The minimum absolute atomic E-state index is 0.0462. The Morgan fingerprint density at radius 1 is 1.53 bits per heavy atom. The second-order valence-corrected chi connectivity index (χ2v) is 4.42. The van der Waals surface area contributed by atoms with Crippen LogP contribution in [0.1, 0.15) is 20.3 Å². The first-order chi connectivity index (χ1) is 7.13. The Balaban J connectivity index is 2.62. The SMILES string of the molecule is CC(C)CC(CO)Nc1ccncc1Cl. The number of nitrogens with one attached hydrogen (secondary N) is 1. The molecule has 1 unspecified atom stereocenters. The van der Waals surface area contributed by atoms with Crippen LogP contribution in [0, 0.1) is 5.92 Å². The molecule has 0 aliphatic heterocycles. The zero-order valence-corrected chi connectivity index (χ0v) is 9.83. The van der Waals surface area contributed by atoms with Crippen molar-refractivity contribution in [2.45, 2.75) is 26.3 Å². The van der Waals surface area contributed by atoms with E-state index in [2.05, 4.69) is 24.1 Å². The summed E-state index contributed by atoms with van der Waals surface area (Å²) in [5.74, 6) is 0.537. The molecule has 0 aliphatic rings. The van der Waals surface area contributed by atoms with Crippen molar-refractivity contribution in [1.29, 1.82) is 0 Å². The van der Waals surface area contributed by atoms with Gasteiger partial charge in [-0.05, 0) is 18.4 Å². The van der Waals surface area contributed by atoms with E-state index in [1.54, 1.807) is 12.4 Å². The number of nitrogens with zero attached hydrogens (tertiary/aromatic N) is 1. The molecule has 0 amide bonds. The second-order valence-electron chi connectivity index (χ2n) is 4.01. The van der Waals surface area contributed by atoms with Gasteiger partial charge in [-0.1, -0.05) is 25.4 Å². The van der Waals surface area contributed by atoms with Gasteiger partial charge >= 0.3 is 0 Å². The molecule has 0 saturated carbocycles. The molecule has 0 aliphatic carbocycles. The topological polar surface area (TPSA) is 45.1 Å². The highest BCUT2D eigenvalue weighted by Gasteiger charge is 2.10. The molecule has 84 valence electrons. The molecule has 0 fully saturated rings. The predicted molar refractivity (Wildman–Crippen MR) is 63.2 cm³/mol. The van der Waals surface area contributed by atoms with Crippen molar-refractivity contribution in [3.05, 3.63) is 23.5 Å². The first-order valence-electron chi connectivity index (χ1n) is 5.10. The maximum Gasteiger partial charge on any atom is 0.0820 e. The van der Waals surface area contributed by atoms with E-state index in [-0.39, 0.29) is 12.6 Å². The quantitative estimate of drug-likeness (QED) is 0.814. The van der Waals surface area contributed by atoms with E-state index in [0.29, 0.717) is 10.9 Å². The molecule has 1 rings (SSSR count). The van der Waals surface area contributed by atoms with Gasteiger partial charge < -0.3 is 10.4 Å². The summed E-state index contributed by atoms with van der Waals surface area (Å²) in [4.78, 5) is 3.90. The van der Waals surface area contributed by atoms with E-state index in [9.17, 15) is 5.11 Å². The average Bonchev–Trinajstić information content (AvgIpc) is 2.19. The van der Waals surface area contributed by atoms with Crippen LogP contribution < -0.4 is 5.32 Å². The number of hydrogen-bond acceptors (Lipinski definition) is 3. The van der Waals surface area contributed by atoms with Gasteiger partial charge in [0.25, 0.3) is 0 Å². The highest BCUT2D eigenvalue weighted by molar-refractivity contribution is 6.33. The van der Waals surface area contributed by atoms with Crippen molar-refractivity contribution in [3.8, 4) is 0 Å². The summed E-state index contributed by atoms with van der Waals surface area (Å²) in [5, 5.41) is 13.0. The number of halogens is 1. The highest BCUT2D eigenvalue weighted by Crippen LogP contribution is 2.21. The fourth-order valence-electron chi connectivity index (χ4n) is 1.46. The fourth-order valence-corrected chi connectivity index (χ4v) is 1.63. The Bertz CT molecular complexity index is 304. The predicted octanol–water partition coefficient (Wildman–Crippen LogP) is 2.55. The van der Waals surface area contributed by atoms with Gasteiger partial charge in [0, 0.05) is 18.4 Å². The third-order valence-electron chi connectivity index (χ3n) is 2.11. The summed E-state index contributed by atoms with van der Waals surface area (Å²) < 4.78 is 0. The summed E-state index contributed by atoms with van der Waals surface area (Å²) >= 11 is 5.96. The van der Waals surface area contributed by atoms with Crippen LogP contribution in [0.3, 0.4) is 0 Å². The first kappa shape index (κ1) is 12.3.